The minimum Gasteiger partial charge on any atom is -0.494 e. The average molecular weight is 480 g/mol. The maximum atomic E-state index is 6.11. The highest BCUT2D eigenvalue weighted by Crippen LogP contribution is 2.26. The molecule has 7 heteroatoms. The van der Waals surface area contributed by atoms with E-state index in [0.29, 0.717) is 0 Å². The molecular weight excluding hydrogens is 450 g/mol. The Morgan fingerprint density at radius 2 is 1.62 bits per heavy atom. The topological polar surface area (TPSA) is 15.7 Å². The molecule has 0 radical (unpaired) electrons. The number of anilines is 1. The maximum Gasteiger partial charge on any atom is 0.119 e. The molecule has 2 aromatic rings. The molecule has 0 N–H and O–H groups in total. The number of aryl methyl sites for hydroxylation is 2. The van der Waals surface area contributed by atoms with Crippen LogP contribution >= 0.6 is 48.8 Å². The monoisotopic (exact) mass is 478 g/mol. The standard InChI is InChI=1S/C22H27ClN2O.3ClH/c23-20-6-2-7-21(17-20)25-13-11-24(12-14-25)10-3-15-26-22-9-8-18-4-1-5-19(18)16-22;;;/h2,6-9,16-17H,1,3-5,10-15H2;3*1H. The molecule has 1 fully saturated rings. The van der Waals surface area contributed by atoms with E-state index in [1.54, 1.807) is 0 Å². The summed E-state index contributed by atoms with van der Waals surface area (Å²) in [5, 5.41) is 0.814. The number of nitrogens with zero attached hydrogens (tertiary/aromatic N) is 2. The van der Waals surface area contributed by atoms with Crippen molar-refractivity contribution in [2.75, 3.05) is 44.2 Å². The summed E-state index contributed by atoms with van der Waals surface area (Å²) in [7, 11) is 0. The molecule has 1 saturated heterocycles. The van der Waals surface area contributed by atoms with Gasteiger partial charge >= 0.3 is 0 Å². The lowest BCUT2D eigenvalue weighted by atomic mass is 10.1. The van der Waals surface area contributed by atoms with Gasteiger partial charge in [-0.25, -0.2) is 0 Å². The van der Waals surface area contributed by atoms with Crippen molar-refractivity contribution in [2.45, 2.75) is 25.7 Å². The van der Waals surface area contributed by atoms with Gasteiger partial charge in [-0.1, -0.05) is 23.7 Å². The Kier molecular flexibility index (Phi) is 11.5. The van der Waals surface area contributed by atoms with Gasteiger partial charge in [-0.3, -0.25) is 4.90 Å². The molecule has 0 aromatic heterocycles. The zero-order valence-electron chi connectivity index (χ0n) is 16.5. The first-order chi connectivity index (χ1) is 12.8. The Bertz CT molecular complexity index is 751. The lowest BCUT2D eigenvalue weighted by molar-refractivity contribution is 0.224. The molecular formula is C22H30Cl4N2O. The summed E-state index contributed by atoms with van der Waals surface area (Å²) in [5.74, 6) is 1.04. The number of hydrogen-bond acceptors (Lipinski definition) is 3. The number of ether oxygens (including phenoxy) is 1. The highest BCUT2D eigenvalue weighted by molar-refractivity contribution is 6.30. The highest BCUT2D eigenvalue weighted by Gasteiger charge is 2.17. The van der Waals surface area contributed by atoms with Crippen molar-refractivity contribution >= 4 is 54.5 Å². The third-order valence-electron chi connectivity index (χ3n) is 5.50. The number of halogens is 4. The van der Waals surface area contributed by atoms with Crippen LogP contribution in [-0.2, 0) is 12.8 Å². The molecule has 4 rings (SSSR count). The molecule has 1 aliphatic carbocycles. The molecule has 1 heterocycles. The molecule has 162 valence electrons. The highest BCUT2D eigenvalue weighted by atomic mass is 35.5. The minimum absolute atomic E-state index is 0. The molecule has 0 saturated carbocycles. The van der Waals surface area contributed by atoms with Gasteiger partial charge in [-0.15, -0.1) is 37.2 Å². The summed E-state index contributed by atoms with van der Waals surface area (Å²) in [6, 6.07) is 14.8. The fourth-order valence-corrected chi connectivity index (χ4v) is 4.20. The van der Waals surface area contributed by atoms with Crippen LogP contribution in [0.15, 0.2) is 42.5 Å². The Labute approximate surface area is 198 Å². The predicted octanol–water partition coefficient (Wildman–Crippen LogP) is 5.69. The van der Waals surface area contributed by atoms with Crippen LogP contribution < -0.4 is 9.64 Å². The van der Waals surface area contributed by atoms with Gasteiger partial charge < -0.3 is 9.64 Å². The number of rotatable bonds is 6. The van der Waals surface area contributed by atoms with Crippen LogP contribution in [0.1, 0.15) is 24.0 Å². The second kappa shape index (κ2) is 12.8. The summed E-state index contributed by atoms with van der Waals surface area (Å²) >= 11 is 6.11. The van der Waals surface area contributed by atoms with Crippen molar-refractivity contribution in [2.24, 2.45) is 0 Å². The lowest BCUT2D eigenvalue weighted by Gasteiger charge is -2.36. The van der Waals surface area contributed by atoms with Crippen LogP contribution in [0, 0.1) is 0 Å². The first-order valence-electron chi connectivity index (χ1n) is 9.75. The van der Waals surface area contributed by atoms with Crippen molar-refractivity contribution in [3.63, 3.8) is 0 Å². The molecule has 0 unspecified atom stereocenters. The van der Waals surface area contributed by atoms with E-state index in [9.17, 15) is 0 Å². The normalized spacial score (nSPS) is 15.6. The van der Waals surface area contributed by atoms with E-state index in [1.807, 2.05) is 12.1 Å². The fourth-order valence-electron chi connectivity index (χ4n) is 4.02. The van der Waals surface area contributed by atoms with Crippen molar-refractivity contribution in [3.05, 3.63) is 58.6 Å². The van der Waals surface area contributed by atoms with E-state index in [-0.39, 0.29) is 37.2 Å². The van der Waals surface area contributed by atoms with Gasteiger partial charge in [0.05, 0.1) is 6.61 Å². The largest absolute Gasteiger partial charge is 0.494 e. The van der Waals surface area contributed by atoms with Gasteiger partial charge in [0.25, 0.3) is 0 Å². The van der Waals surface area contributed by atoms with Crippen LogP contribution in [0.25, 0.3) is 0 Å². The Balaban J connectivity index is 0.00000140. The van der Waals surface area contributed by atoms with Gasteiger partial charge in [0.1, 0.15) is 5.75 Å². The van der Waals surface area contributed by atoms with Crippen molar-refractivity contribution < 1.29 is 4.74 Å². The van der Waals surface area contributed by atoms with Crippen LogP contribution in [0.4, 0.5) is 5.69 Å². The number of hydrogen-bond donors (Lipinski definition) is 0. The third kappa shape index (κ3) is 7.11. The third-order valence-corrected chi connectivity index (χ3v) is 5.74. The predicted molar refractivity (Wildman–Crippen MR) is 130 cm³/mol. The summed E-state index contributed by atoms with van der Waals surface area (Å²) in [4.78, 5) is 4.95. The summed E-state index contributed by atoms with van der Waals surface area (Å²) < 4.78 is 5.97. The van der Waals surface area contributed by atoms with E-state index < -0.39 is 0 Å². The van der Waals surface area contributed by atoms with Gasteiger partial charge in [0.15, 0.2) is 0 Å². The van der Waals surface area contributed by atoms with E-state index in [0.717, 1.165) is 56.5 Å². The molecule has 0 amide bonds. The van der Waals surface area contributed by atoms with Gasteiger partial charge in [-0.05, 0) is 67.1 Å². The summed E-state index contributed by atoms with van der Waals surface area (Å²) in [6.45, 7) is 6.23. The van der Waals surface area contributed by atoms with Crippen molar-refractivity contribution in [3.8, 4) is 5.75 Å². The quantitative estimate of drug-likeness (QED) is 0.495. The molecule has 3 nitrogen and oxygen atoms in total. The molecule has 0 spiro atoms. The summed E-state index contributed by atoms with van der Waals surface area (Å²) in [6.07, 6.45) is 4.81. The first-order valence-corrected chi connectivity index (χ1v) is 10.1. The smallest absolute Gasteiger partial charge is 0.119 e. The molecule has 0 bridgehead atoms. The second-order valence-electron chi connectivity index (χ2n) is 7.29. The van der Waals surface area contributed by atoms with Crippen LogP contribution in [0.3, 0.4) is 0 Å². The van der Waals surface area contributed by atoms with E-state index in [2.05, 4.69) is 40.1 Å². The van der Waals surface area contributed by atoms with Crippen LogP contribution in [0.5, 0.6) is 5.75 Å². The molecule has 0 atom stereocenters. The molecule has 2 aromatic carbocycles. The summed E-state index contributed by atoms with van der Waals surface area (Å²) in [5.41, 5.74) is 4.23. The minimum atomic E-state index is 0. The fraction of sp³-hybridized carbons (Fsp3) is 0.455. The van der Waals surface area contributed by atoms with E-state index >= 15 is 0 Å². The molecule has 2 aliphatic rings. The van der Waals surface area contributed by atoms with Gasteiger partial charge in [0, 0.05) is 43.4 Å². The van der Waals surface area contributed by atoms with Crippen LogP contribution in [-0.4, -0.2) is 44.2 Å². The average Bonchev–Trinajstić information content (AvgIpc) is 3.14. The number of benzene rings is 2. The van der Waals surface area contributed by atoms with Crippen molar-refractivity contribution in [1.82, 2.24) is 4.90 Å². The number of piperazine rings is 1. The SMILES string of the molecule is Cl.Cl.Cl.Clc1cccc(N2CCN(CCCOc3ccc4c(c3)CCC4)CC2)c1. The Hall–Kier alpha value is -0.840. The lowest BCUT2D eigenvalue weighted by Crippen LogP contribution is -2.46. The van der Waals surface area contributed by atoms with Gasteiger partial charge in [-0.2, -0.15) is 0 Å². The van der Waals surface area contributed by atoms with Crippen molar-refractivity contribution in [1.29, 1.82) is 0 Å². The Morgan fingerprint density at radius 1 is 0.862 bits per heavy atom. The van der Waals surface area contributed by atoms with E-state index in [1.165, 1.54) is 36.1 Å². The first kappa shape index (κ1) is 26.2. The number of fused-ring (bicyclic) bond motifs is 1. The zero-order valence-corrected chi connectivity index (χ0v) is 19.7. The second-order valence-corrected chi connectivity index (χ2v) is 7.73. The van der Waals surface area contributed by atoms with Gasteiger partial charge in [0.2, 0.25) is 0 Å². The van der Waals surface area contributed by atoms with E-state index in [4.69, 9.17) is 16.3 Å². The maximum absolute atomic E-state index is 6.11. The van der Waals surface area contributed by atoms with Crippen LogP contribution in [0.2, 0.25) is 5.02 Å². The molecule has 29 heavy (non-hydrogen) atoms. The Morgan fingerprint density at radius 3 is 2.38 bits per heavy atom. The zero-order chi connectivity index (χ0) is 17.8. The molecule has 1 aliphatic heterocycles.